The molecule has 21 heavy (non-hydrogen) atoms. The second kappa shape index (κ2) is 5.99. The Morgan fingerprint density at radius 2 is 2.19 bits per heavy atom. The lowest BCUT2D eigenvalue weighted by molar-refractivity contribution is -0.146. The third-order valence-corrected chi connectivity index (χ3v) is 3.38. The third-order valence-electron chi connectivity index (χ3n) is 3.38. The molecule has 0 aliphatic carbocycles. The molecule has 1 saturated heterocycles. The number of carbonyl (C=O) groups excluding carboxylic acids is 2. The molecule has 0 spiro atoms. The second-order valence-electron chi connectivity index (χ2n) is 4.83. The number of hydrogen-bond acceptors (Lipinski definition) is 5. The van der Waals surface area contributed by atoms with Gasteiger partial charge in [0, 0.05) is 25.6 Å². The number of imide groups is 1. The van der Waals surface area contributed by atoms with Crippen molar-refractivity contribution in [2.24, 2.45) is 0 Å². The molecule has 6 nitrogen and oxygen atoms in total. The van der Waals surface area contributed by atoms with E-state index in [4.69, 9.17) is 10.5 Å². The molecule has 114 valence electrons. The van der Waals surface area contributed by atoms with Crippen molar-refractivity contribution in [3.8, 4) is 5.75 Å². The summed E-state index contributed by atoms with van der Waals surface area (Å²) in [6, 6.07) is 2.02. The zero-order valence-electron chi connectivity index (χ0n) is 12.0. The van der Waals surface area contributed by atoms with Gasteiger partial charge in [-0.3, -0.25) is 14.5 Å². The zero-order chi connectivity index (χ0) is 15.6. The van der Waals surface area contributed by atoms with Crippen LogP contribution in [0.5, 0.6) is 5.75 Å². The maximum Gasteiger partial charge on any atom is 0.251 e. The molecule has 0 saturated carbocycles. The Bertz CT molecular complexity index is 577. The number of anilines is 2. The summed E-state index contributed by atoms with van der Waals surface area (Å²) in [5.74, 6) is -1.02. The number of ether oxygens (including phenoxy) is 1. The van der Waals surface area contributed by atoms with Gasteiger partial charge in [0.05, 0.1) is 18.0 Å². The van der Waals surface area contributed by atoms with Gasteiger partial charge < -0.3 is 15.8 Å². The van der Waals surface area contributed by atoms with Crippen LogP contribution in [0.15, 0.2) is 12.1 Å². The average molecular weight is 295 g/mol. The highest BCUT2D eigenvalue weighted by molar-refractivity contribution is 6.01. The van der Waals surface area contributed by atoms with Crippen molar-refractivity contribution in [3.05, 3.63) is 17.9 Å². The lowest BCUT2D eigenvalue weighted by atomic mass is 10.0. The maximum absolute atomic E-state index is 13.6. The predicted octanol–water partition coefficient (Wildman–Crippen LogP) is 1.37. The largest absolute Gasteiger partial charge is 0.491 e. The second-order valence-corrected chi connectivity index (χ2v) is 4.83. The first kappa shape index (κ1) is 15.1. The molecule has 0 bridgehead atoms. The number of nitrogens with zero attached hydrogens (tertiary/aromatic N) is 1. The average Bonchev–Trinajstić information content (AvgIpc) is 2.44. The molecule has 3 N–H and O–H groups in total. The molecular formula is C14H18FN3O3. The van der Waals surface area contributed by atoms with Gasteiger partial charge in [0.2, 0.25) is 5.91 Å². The Morgan fingerprint density at radius 3 is 2.86 bits per heavy atom. The van der Waals surface area contributed by atoms with Gasteiger partial charge in [0.1, 0.15) is 6.04 Å². The van der Waals surface area contributed by atoms with E-state index in [1.807, 2.05) is 0 Å². The molecule has 1 atom stereocenters. The molecule has 1 fully saturated rings. The van der Waals surface area contributed by atoms with Crippen LogP contribution in [0.2, 0.25) is 0 Å². The SMILES string of the molecule is CCOc1cc(NC2CCC(=O)N(C)C2=O)c(N)cc1F. The quantitative estimate of drug-likeness (QED) is 0.647. The smallest absolute Gasteiger partial charge is 0.251 e. The highest BCUT2D eigenvalue weighted by Gasteiger charge is 2.32. The van der Waals surface area contributed by atoms with Crippen molar-refractivity contribution < 1.29 is 18.7 Å². The fourth-order valence-electron chi connectivity index (χ4n) is 2.20. The number of nitrogens with two attached hydrogens (primary N) is 1. The molecule has 1 aromatic rings. The summed E-state index contributed by atoms with van der Waals surface area (Å²) < 4.78 is 18.8. The number of nitrogen functional groups attached to an aromatic ring is 1. The summed E-state index contributed by atoms with van der Waals surface area (Å²) in [4.78, 5) is 24.5. The number of amides is 2. The zero-order valence-corrected chi connectivity index (χ0v) is 12.0. The molecule has 1 aromatic carbocycles. The van der Waals surface area contributed by atoms with E-state index in [2.05, 4.69) is 5.32 Å². The number of benzene rings is 1. The van der Waals surface area contributed by atoms with Gasteiger partial charge in [-0.2, -0.15) is 0 Å². The molecule has 0 radical (unpaired) electrons. The summed E-state index contributed by atoms with van der Waals surface area (Å²) in [5, 5.41) is 2.96. The fraction of sp³-hybridized carbons (Fsp3) is 0.429. The minimum absolute atomic E-state index is 0.0712. The Balaban J connectivity index is 2.21. The van der Waals surface area contributed by atoms with Crippen LogP contribution in [-0.4, -0.2) is 36.4 Å². The normalized spacial score (nSPS) is 18.8. The summed E-state index contributed by atoms with van der Waals surface area (Å²) in [6.45, 7) is 2.06. The van der Waals surface area contributed by atoms with Crippen molar-refractivity contribution in [2.75, 3.05) is 24.7 Å². The number of likely N-dealkylation sites (N-methyl/N-ethyl adjacent to an activating group) is 1. The number of piperidine rings is 1. The molecule has 1 unspecified atom stereocenters. The number of likely N-dealkylation sites (tertiary alicyclic amines) is 1. The van der Waals surface area contributed by atoms with Crippen LogP contribution < -0.4 is 15.8 Å². The van der Waals surface area contributed by atoms with Crippen LogP contribution in [0.4, 0.5) is 15.8 Å². The minimum atomic E-state index is -0.560. The summed E-state index contributed by atoms with van der Waals surface area (Å²) in [5.41, 5.74) is 6.36. The van der Waals surface area contributed by atoms with Crippen LogP contribution in [0.1, 0.15) is 19.8 Å². The predicted molar refractivity (Wildman–Crippen MR) is 76.4 cm³/mol. The van der Waals surface area contributed by atoms with Crippen LogP contribution in [-0.2, 0) is 9.59 Å². The van der Waals surface area contributed by atoms with E-state index in [-0.39, 0.29) is 29.7 Å². The van der Waals surface area contributed by atoms with Crippen LogP contribution in [0.25, 0.3) is 0 Å². The van der Waals surface area contributed by atoms with Gasteiger partial charge >= 0.3 is 0 Å². The van der Waals surface area contributed by atoms with Crippen LogP contribution >= 0.6 is 0 Å². The van der Waals surface area contributed by atoms with Crippen LogP contribution in [0.3, 0.4) is 0 Å². The van der Waals surface area contributed by atoms with Gasteiger partial charge in [-0.25, -0.2) is 4.39 Å². The van der Waals surface area contributed by atoms with Gasteiger partial charge in [0.25, 0.3) is 5.91 Å². The number of halogens is 1. The standard InChI is InChI=1S/C14H18FN3O3/c1-3-21-12-7-11(9(16)6-8(12)15)17-10-4-5-13(19)18(2)14(10)20/h6-7,10,17H,3-5,16H2,1-2H3. The van der Waals surface area contributed by atoms with E-state index in [1.165, 1.54) is 13.1 Å². The summed E-state index contributed by atoms with van der Waals surface area (Å²) in [6.07, 6.45) is 0.655. The highest BCUT2D eigenvalue weighted by atomic mass is 19.1. The number of hydrogen-bond donors (Lipinski definition) is 2. The monoisotopic (exact) mass is 295 g/mol. The minimum Gasteiger partial charge on any atom is -0.491 e. The molecule has 1 aliphatic heterocycles. The van der Waals surface area contributed by atoms with Gasteiger partial charge in [-0.1, -0.05) is 0 Å². The van der Waals surface area contributed by atoms with Crippen molar-refractivity contribution in [3.63, 3.8) is 0 Å². The lowest BCUT2D eigenvalue weighted by Gasteiger charge is -2.29. The summed E-state index contributed by atoms with van der Waals surface area (Å²) in [7, 11) is 1.44. The molecule has 2 amide bonds. The Kier molecular flexibility index (Phi) is 4.30. The van der Waals surface area contributed by atoms with Crippen molar-refractivity contribution >= 4 is 23.2 Å². The fourth-order valence-corrected chi connectivity index (χ4v) is 2.20. The van der Waals surface area contributed by atoms with E-state index in [1.54, 1.807) is 6.92 Å². The molecular weight excluding hydrogens is 277 g/mol. The van der Waals surface area contributed by atoms with Crippen molar-refractivity contribution in [1.82, 2.24) is 4.90 Å². The molecule has 1 aliphatic rings. The first-order valence-electron chi connectivity index (χ1n) is 6.72. The topological polar surface area (TPSA) is 84.7 Å². The molecule has 1 heterocycles. The Hall–Kier alpha value is -2.31. The van der Waals surface area contributed by atoms with Crippen molar-refractivity contribution in [2.45, 2.75) is 25.8 Å². The summed E-state index contributed by atoms with van der Waals surface area (Å²) >= 11 is 0. The van der Waals surface area contributed by atoms with E-state index >= 15 is 0 Å². The van der Waals surface area contributed by atoms with Gasteiger partial charge in [-0.15, -0.1) is 0 Å². The molecule has 7 heteroatoms. The molecule has 0 aromatic heterocycles. The van der Waals surface area contributed by atoms with Crippen molar-refractivity contribution in [1.29, 1.82) is 0 Å². The van der Waals surface area contributed by atoms with E-state index in [0.29, 0.717) is 18.7 Å². The first-order valence-corrected chi connectivity index (χ1v) is 6.72. The number of rotatable bonds is 4. The maximum atomic E-state index is 13.6. The highest BCUT2D eigenvalue weighted by Crippen LogP contribution is 2.30. The van der Waals surface area contributed by atoms with Crippen LogP contribution in [0, 0.1) is 5.82 Å². The molecule has 2 rings (SSSR count). The lowest BCUT2D eigenvalue weighted by Crippen LogP contribution is -2.48. The Labute approximate surface area is 122 Å². The number of carbonyl (C=O) groups is 2. The van der Waals surface area contributed by atoms with E-state index in [0.717, 1.165) is 11.0 Å². The van der Waals surface area contributed by atoms with E-state index in [9.17, 15) is 14.0 Å². The third kappa shape index (κ3) is 3.07. The van der Waals surface area contributed by atoms with E-state index < -0.39 is 11.9 Å². The Morgan fingerprint density at radius 1 is 1.48 bits per heavy atom. The van der Waals surface area contributed by atoms with Gasteiger partial charge in [0.15, 0.2) is 11.6 Å². The van der Waals surface area contributed by atoms with Gasteiger partial charge in [-0.05, 0) is 13.3 Å². The number of nitrogens with one attached hydrogen (secondary N) is 1. The first-order chi connectivity index (χ1) is 9.93.